The molecule has 0 saturated carbocycles. The highest BCUT2D eigenvalue weighted by molar-refractivity contribution is 7.10. The number of thiophene rings is 1. The lowest BCUT2D eigenvalue weighted by molar-refractivity contribution is 0.0585. The summed E-state index contributed by atoms with van der Waals surface area (Å²) in [6.45, 7) is 13.2. The van der Waals surface area contributed by atoms with Gasteiger partial charge in [-0.25, -0.2) is 0 Å². The van der Waals surface area contributed by atoms with Crippen LogP contribution in [0, 0.1) is 32.1 Å². The van der Waals surface area contributed by atoms with E-state index in [0.717, 1.165) is 60.5 Å². The van der Waals surface area contributed by atoms with Gasteiger partial charge in [-0.3, -0.25) is 4.79 Å². The summed E-state index contributed by atoms with van der Waals surface area (Å²) in [6.07, 6.45) is 12.0. The minimum atomic E-state index is 0.215. The van der Waals surface area contributed by atoms with Crippen LogP contribution in [0.15, 0.2) is 47.8 Å². The van der Waals surface area contributed by atoms with Gasteiger partial charge in [-0.05, 0) is 122 Å². The Bertz CT molecular complexity index is 1350. The van der Waals surface area contributed by atoms with Crippen molar-refractivity contribution in [3.05, 3.63) is 80.5 Å². The van der Waals surface area contributed by atoms with Crippen molar-refractivity contribution in [3.63, 3.8) is 0 Å². The van der Waals surface area contributed by atoms with Crippen molar-refractivity contribution < 1.29 is 14.3 Å². The van der Waals surface area contributed by atoms with Crippen LogP contribution in [0.2, 0.25) is 0 Å². The molecule has 5 heteroatoms. The molecule has 2 aliphatic rings. The van der Waals surface area contributed by atoms with E-state index < -0.39 is 0 Å². The van der Waals surface area contributed by atoms with E-state index in [9.17, 15) is 4.79 Å². The maximum Gasteiger partial charge on any atom is 0.254 e. The first kappa shape index (κ1) is 31.6. The number of hydrogen-bond donors (Lipinski definition) is 0. The van der Waals surface area contributed by atoms with Gasteiger partial charge in [-0.2, -0.15) is 0 Å². The molecule has 1 amide bonds. The van der Waals surface area contributed by atoms with Crippen LogP contribution in [-0.4, -0.2) is 30.7 Å². The van der Waals surface area contributed by atoms with Gasteiger partial charge >= 0.3 is 0 Å². The predicted octanol–water partition coefficient (Wildman–Crippen LogP) is 10.0. The second-order valence-electron chi connectivity index (χ2n) is 13.5. The Balaban J connectivity index is 1.17. The summed E-state index contributed by atoms with van der Waals surface area (Å²) < 4.78 is 11.4. The minimum Gasteiger partial charge on any atom is -0.454 e. The third kappa shape index (κ3) is 7.84. The smallest absolute Gasteiger partial charge is 0.254 e. The molecule has 3 aromatic rings. The maximum atomic E-state index is 13.3. The number of fused-ring (bicyclic) bond motifs is 1. The molecule has 0 radical (unpaired) electrons. The summed E-state index contributed by atoms with van der Waals surface area (Å²) in [6, 6.07) is 15.2. The van der Waals surface area contributed by atoms with Crippen LogP contribution in [0.25, 0.3) is 0 Å². The van der Waals surface area contributed by atoms with Crippen LogP contribution in [0.3, 0.4) is 0 Å². The van der Waals surface area contributed by atoms with Crippen molar-refractivity contribution >= 4 is 17.2 Å². The van der Waals surface area contributed by atoms with Gasteiger partial charge in [0.05, 0.1) is 0 Å². The number of unbranched alkanes of at least 4 members (excludes halogenated alkanes) is 1. The third-order valence-corrected chi connectivity index (χ3v) is 11.1. The van der Waals surface area contributed by atoms with Gasteiger partial charge in [0.2, 0.25) is 6.79 Å². The molecule has 1 aromatic heterocycles. The van der Waals surface area contributed by atoms with E-state index in [-0.39, 0.29) is 5.91 Å². The number of rotatable bonds is 13. The highest BCUT2D eigenvalue weighted by atomic mass is 32.1. The minimum absolute atomic E-state index is 0.215. The molecule has 43 heavy (non-hydrogen) atoms. The van der Waals surface area contributed by atoms with Crippen molar-refractivity contribution in [2.45, 2.75) is 105 Å². The molecular weight excluding hydrogens is 550 g/mol. The van der Waals surface area contributed by atoms with Crippen LogP contribution >= 0.6 is 11.3 Å². The molecule has 0 aliphatic carbocycles. The van der Waals surface area contributed by atoms with E-state index in [2.05, 4.69) is 81.3 Å². The number of benzene rings is 2. The van der Waals surface area contributed by atoms with Crippen molar-refractivity contribution in [1.82, 2.24) is 4.90 Å². The Labute approximate surface area is 263 Å². The molecule has 1 fully saturated rings. The fourth-order valence-electron chi connectivity index (χ4n) is 7.45. The third-order valence-electron chi connectivity index (χ3n) is 10.1. The lowest BCUT2D eigenvalue weighted by atomic mass is 9.74. The second-order valence-corrected chi connectivity index (χ2v) is 14.6. The standard InChI is InChI=1S/C38H51NO3S/c1-6-10-31(33(16-14-30-23-29(4)43-25-30)32-15-17-34-35(24-32)42-26-41-34)13-7-8-18-38(5)19-21-39(22-20-38)37(40)36-27(2)11-9-12-28(36)3/h9,11-12,15,17,23-25,31,33H,6-8,10,13-14,16,18-22,26H2,1-5H3. The number of ether oxygens (including phenoxy) is 2. The number of piperidine rings is 1. The highest BCUT2D eigenvalue weighted by Gasteiger charge is 2.33. The van der Waals surface area contributed by atoms with Crippen LogP contribution in [0.4, 0.5) is 0 Å². The van der Waals surface area contributed by atoms with Crippen LogP contribution in [0.5, 0.6) is 11.5 Å². The molecule has 2 aliphatic heterocycles. The zero-order valence-corrected chi connectivity index (χ0v) is 27.9. The van der Waals surface area contributed by atoms with Gasteiger partial charge in [0, 0.05) is 23.5 Å². The van der Waals surface area contributed by atoms with E-state index in [4.69, 9.17) is 9.47 Å². The normalized spacial score (nSPS) is 17.2. The molecule has 0 N–H and O–H groups in total. The predicted molar refractivity (Wildman–Crippen MR) is 179 cm³/mol. The fourth-order valence-corrected chi connectivity index (χ4v) is 8.20. The van der Waals surface area contributed by atoms with E-state index >= 15 is 0 Å². The lowest BCUT2D eigenvalue weighted by Gasteiger charge is -2.40. The summed E-state index contributed by atoms with van der Waals surface area (Å²) in [5.74, 6) is 3.17. The number of nitrogens with zero attached hydrogens (tertiary/aromatic N) is 1. The van der Waals surface area contributed by atoms with Crippen molar-refractivity contribution in [1.29, 1.82) is 0 Å². The number of likely N-dealkylation sites (tertiary alicyclic amines) is 1. The molecule has 2 aromatic carbocycles. The maximum absolute atomic E-state index is 13.3. The average molecular weight is 602 g/mol. The van der Waals surface area contributed by atoms with Crippen LogP contribution < -0.4 is 9.47 Å². The van der Waals surface area contributed by atoms with Crippen LogP contribution in [0.1, 0.15) is 115 Å². The molecular formula is C38H51NO3S. The van der Waals surface area contributed by atoms with Crippen molar-refractivity contribution in [2.24, 2.45) is 11.3 Å². The van der Waals surface area contributed by atoms with E-state index in [0.29, 0.717) is 24.0 Å². The number of carbonyl (C=O) groups is 1. The molecule has 1 saturated heterocycles. The highest BCUT2D eigenvalue weighted by Crippen LogP contribution is 2.42. The lowest BCUT2D eigenvalue weighted by Crippen LogP contribution is -2.42. The SMILES string of the molecule is CCCC(CCCCC1(C)CCN(C(=O)c2c(C)cccc2C)CC1)C(CCc1csc(C)c1)c1ccc2c(c1)OCO2. The first-order chi connectivity index (χ1) is 20.8. The molecule has 0 spiro atoms. The van der Waals surface area contributed by atoms with E-state index in [1.165, 1.54) is 60.9 Å². The zero-order valence-electron chi connectivity index (χ0n) is 27.0. The Morgan fingerprint density at radius 1 is 0.953 bits per heavy atom. The van der Waals surface area contributed by atoms with Crippen molar-refractivity contribution in [2.75, 3.05) is 19.9 Å². The Morgan fingerprint density at radius 3 is 2.40 bits per heavy atom. The first-order valence-electron chi connectivity index (χ1n) is 16.6. The van der Waals surface area contributed by atoms with Gasteiger partial charge in [0.15, 0.2) is 11.5 Å². The average Bonchev–Trinajstić information content (AvgIpc) is 3.64. The Hall–Kier alpha value is -2.79. The van der Waals surface area contributed by atoms with Gasteiger partial charge in [-0.1, -0.05) is 63.8 Å². The first-order valence-corrected chi connectivity index (χ1v) is 17.4. The summed E-state index contributed by atoms with van der Waals surface area (Å²) in [5, 5.41) is 2.34. The van der Waals surface area contributed by atoms with Gasteiger partial charge in [0.1, 0.15) is 0 Å². The van der Waals surface area contributed by atoms with Gasteiger partial charge in [0.25, 0.3) is 5.91 Å². The molecule has 5 rings (SSSR count). The van der Waals surface area contributed by atoms with E-state index in [1.54, 1.807) is 0 Å². The molecule has 2 unspecified atom stereocenters. The topological polar surface area (TPSA) is 38.8 Å². The molecule has 0 bridgehead atoms. The monoisotopic (exact) mass is 601 g/mol. The Kier molecular flexibility index (Phi) is 10.5. The quantitative estimate of drug-likeness (QED) is 0.183. The van der Waals surface area contributed by atoms with Gasteiger partial charge in [-0.15, -0.1) is 11.3 Å². The number of amides is 1. The molecule has 2 atom stereocenters. The molecule has 232 valence electrons. The zero-order chi connectivity index (χ0) is 30.4. The number of aryl methyl sites for hydroxylation is 4. The second kappa shape index (κ2) is 14.3. The fraction of sp³-hybridized carbons (Fsp3) is 0.553. The van der Waals surface area contributed by atoms with E-state index in [1.807, 2.05) is 17.4 Å². The molecule has 3 heterocycles. The summed E-state index contributed by atoms with van der Waals surface area (Å²) >= 11 is 1.86. The van der Waals surface area contributed by atoms with Crippen molar-refractivity contribution in [3.8, 4) is 11.5 Å². The number of hydrogen-bond acceptors (Lipinski definition) is 4. The molecule has 4 nitrogen and oxygen atoms in total. The Morgan fingerprint density at radius 2 is 1.70 bits per heavy atom. The summed E-state index contributed by atoms with van der Waals surface area (Å²) in [5.41, 5.74) is 6.28. The number of carbonyl (C=O) groups excluding carboxylic acids is 1. The summed E-state index contributed by atoms with van der Waals surface area (Å²) in [4.78, 5) is 16.8. The largest absolute Gasteiger partial charge is 0.454 e. The van der Waals surface area contributed by atoms with Gasteiger partial charge < -0.3 is 14.4 Å². The summed E-state index contributed by atoms with van der Waals surface area (Å²) in [7, 11) is 0. The van der Waals surface area contributed by atoms with Crippen LogP contribution in [-0.2, 0) is 6.42 Å².